The molecule has 3 rings (SSSR count). The number of aliphatic hydroxyl groups is 1. The van der Waals surface area contributed by atoms with Gasteiger partial charge in [0.2, 0.25) is 0 Å². The van der Waals surface area contributed by atoms with E-state index in [1.165, 1.54) is 61.3 Å². The van der Waals surface area contributed by atoms with E-state index in [0.717, 1.165) is 19.4 Å². The molecular formula is C20H31N3O. The quantitative estimate of drug-likeness (QED) is 0.847. The molecular weight excluding hydrogens is 298 g/mol. The van der Waals surface area contributed by atoms with E-state index in [0.29, 0.717) is 0 Å². The summed E-state index contributed by atoms with van der Waals surface area (Å²) < 4.78 is 2.39. The summed E-state index contributed by atoms with van der Waals surface area (Å²) in [6.07, 6.45) is 3.18. The van der Waals surface area contributed by atoms with Gasteiger partial charge in [0, 0.05) is 55.9 Å². The summed E-state index contributed by atoms with van der Waals surface area (Å²) in [6, 6.07) is 8.72. The largest absolute Gasteiger partial charge is 0.396 e. The van der Waals surface area contributed by atoms with Crippen molar-refractivity contribution in [2.75, 3.05) is 46.4 Å². The van der Waals surface area contributed by atoms with Crippen molar-refractivity contribution in [3.63, 3.8) is 0 Å². The Morgan fingerprint density at radius 3 is 2.50 bits per heavy atom. The lowest BCUT2D eigenvalue weighted by molar-refractivity contribution is 0.153. The number of fused-ring (bicyclic) bond motifs is 1. The number of aliphatic hydroxyl groups excluding tert-OH is 1. The zero-order valence-electron chi connectivity index (χ0n) is 15.2. The van der Waals surface area contributed by atoms with E-state index in [1.807, 2.05) is 0 Å². The molecule has 4 heteroatoms. The maximum absolute atomic E-state index is 9.18. The first-order chi connectivity index (χ1) is 11.7. The summed E-state index contributed by atoms with van der Waals surface area (Å²) in [5.74, 6) is 0. The minimum Gasteiger partial charge on any atom is -0.396 e. The molecule has 2 aromatic rings. The summed E-state index contributed by atoms with van der Waals surface area (Å²) >= 11 is 0. The number of benzene rings is 1. The molecule has 132 valence electrons. The van der Waals surface area contributed by atoms with E-state index >= 15 is 0 Å². The van der Waals surface area contributed by atoms with Gasteiger partial charge in [-0.05, 0) is 51.4 Å². The third-order valence-corrected chi connectivity index (χ3v) is 5.40. The van der Waals surface area contributed by atoms with E-state index < -0.39 is 0 Å². The second kappa shape index (κ2) is 8.15. The second-order valence-electron chi connectivity index (χ2n) is 7.06. The first-order valence-corrected chi connectivity index (χ1v) is 9.29. The van der Waals surface area contributed by atoms with Crippen LogP contribution < -0.4 is 0 Å². The highest BCUT2D eigenvalue weighted by Crippen LogP contribution is 2.27. The Bertz CT molecular complexity index is 656. The zero-order chi connectivity index (χ0) is 16.9. The molecule has 0 amide bonds. The highest BCUT2D eigenvalue weighted by molar-refractivity contribution is 5.85. The van der Waals surface area contributed by atoms with E-state index in [9.17, 15) is 5.11 Å². The van der Waals surface area contributed by atoms with Crippen molar-refractivity contribution in [2.24, 2.45) is 0 Å². The van der Waals surface area contributed by atoms with Crippen LogP contribution in [-0.2, 0) is 13.0 Å². The fourth-order valence-electron chi connectivity index (χ4n) is 3.89. The predicted octanol–water partition coefficient (Wildman–Crippen LogP) is 2.51. The summed E-state index contributed by atoms with van der Waals surface area (Å²) in [7, 11) is 2.21. The normalized spacial score (nSPS) is 17.0. The average molecular weight is 329 g/mol. The highest BCUT2D eigenvalue weighted by Gasteiger charge is 2.16. The smallest absolute Gasteiger partial charge is 0.0485 e. The fourth-order valence-corrected chi connectivity index (χ4v) is 3.89. The number of aryl methyl sites for hydroxylation is 2. The van der Waals surface area contributed by atoms with Crippen molar-refractivity contribution in [3.8, 4) is 0 Å². The van der Waals surface area contributed by atoms with Crippen molar-refractivity contribution in [3.05, 3.63) is 35.5 Å². The van der Waals surface area contributed by atoms with E-state index in [1.54, 1.807) is 0 Å². The third kappa shape index (κ3) is 3.82. The van der Waals surface area contributed by atoms with Crippen LogP contribution in [0.2, 0.25) is 0 Å². The second-order valence-corrected chi connectivity index (χ2v) is 7.06. The number of likely N-dealkylation sites (N-methyl/N-ethyl adjacent to an activating group) is 1. The van der Waals surface area contributed by atoms with Crippen LogP contribution >= 0.6 is 0 Å². The monoisotopic (exact) mass is 329 g/mol. The van der Waals surface area contributed by atoms with Crippen LogP contribution in [0.5, 0.6) is 0 Å². The van der Waals surface area contributed by atoms with Gasteiger partial charge in [0.05, 0.1) is 0 Å². The first kappa shape index (κ1) is 17.5. The Hall–Kier alpha value is -1.36. The molecule has 24 heavy (non-hydrogen) atoms. The average Bonchev–Trinajstić information content (AvgIpc) is 2.87. The molecule has 2 heterocycles. The molecule has 0 atom stereocenters. The van der Waals surface area contributed by atoms with Gasteiger partial charge in [0.25, 0.3) is 0 Å². The van der Waals surface area contributed by atoms with Gasteiger partial charge in [-0.1, -0.05) is 18.2 Å². The van der Waals surface area contributed by atoms with Gasteiger partial charge in [-0.3, -0.25) is 0 Å². The number of hydrogen-bond donors (Lipinski definition) is 1. The van der Waals surface area contributed by atoms with E-state index in [-0.39, 0.29) is 6.61 Å². The third-order valence-electron chi connectivity index (χ3n) is 5.40. The zero-order valence-corrected chi connectivity index (χ0v) is 15.2. The van der Waals surface area contributed by atoms with Crippen LogP contribution in [-0.4, -0.2) is 65.9 Å². The Morgan fingerprint density at radius 2 is 1.75 bits per heavy atom. The number of hydrogen-bond acceptors (Lipinski definition) is 3. The fraction of sp³-hybridized carbons (Fsp3) is 0.600. The van der Waals surface area contributed by atoms with Crippen molar-refractivity contribution < 1.29 is 5.11 Å². The standard InChI is InChI=1S/C20H31N3O/c1-17-18(8-5-10-22-14-12-21(2)13-15-22)19-7-3-4-9-20(19)23(17)11-6-16-24/h3-4,7,9,24H,5-6,8,10-16H2,1-2H3. The number of rotatable bonds is 7. The lowest BCUT2D eigenvalue weighted by Gasteiger charge is -2.32. The summed E-state index contributed by atoms with van der Waals surface area (Å²) in [5.41, 5.74) is 4.19. The van der Waals surface area contributed by atoms with Gasteiger partial charge < -0.3 is 19.5 Å². The molecule has 0 radical (unpaired) electrons. The SMILES string of the molecule is Cc1c(CCCN2CCN(C)CC2)c2ccccc2n1CCCO. The van der Waals surface area contributed by atoms with Crippen molar-refractivity contribution in [1.29, 1.82) is 0 Å². The molecule has 1 aliphatic rings. The maximum Gasteiger partial charge on any atom is 0.0485 e. The molecule has 0 bridgehead atoms. The van der Waals surface area contributed by atoms with Gasteiger partial charge in [0.1, 0.15) is 0 Å². The summed E-state index contributed by atoms with van der Waals surface area (Å²) in [5, 5.41) is 10.6. The molecule has 1 aromatic carbocycles. The minimum absolute atomic E-state index is 0.255. The van der Waals surface area contributed by atoms with Crippen LogP contribution in [0.25, 0.3) is 10.9 Å². The molecule has 1 fully saturated rings. The molecule has 1 N–H and O–H groups in total. The van der Waals surface area contributed by atoms with Crippen LogP contribution in [0.3, 0.4) is 0 Å². The molecule has 0 saturated carbocycles. The molecule has 0 unspecified atom stereocenters. The van der Waals surface area contributed by atoms with Crippen molar-refractivity contribution in [2.45, 2.75) is 32.7 Å². The van der Waals surface area contributed by atoms with Gasteiger partial charge >= 0.3 is 0 Å². The molecule has 1 saturated heterocycles. The van der Waals surface area contributed by atoms with Gasteiger partial charge in [0.15, 0.2) is 0 Å². The van der Waals surface area contributed by atoms with Crippen LogP contribution in [0.4, 0.5) is 0 Å². The van der Waals surface area contributed by atoms with Gasteiger partial charge in [-0.15, -0.1) is 0 Å². The molecule has 0 spiro atoms. The van der Waals surface area contributed by atoms with Gasteiger partial charge in [-0.2, -0.15) is 0 Å². The lowest BCUT2D eigenvalue weighted by atomic mass is 10.1. The van der Waals surface area contributed by atoms with Gasteiger partial charge in [-0.25, -0.2) is 0 Å². The molecule has 0 aliphatic carbocycles. The first-order valence-electron chi connectivity index (χ1n) is 9.29. The predicted molar refractivity (Wildman–Crippen MR) is 101 cm³/mol. The Labute approximate surface area is 145 Å². The topological polar surface area (TPSA) is 31.6 Å². The molecule has 4 nitrogen and oxygen atoms in total. The summed E-state index contributed by atoms with van der Waals surface area (Å²) in [6.45, 7) is 9.39. The van der Waals surface area contributed by atoms with Crippen LogP contribution in [0.15, 0.2) is 24.3 Å². The minimum atomic E-state index is 0.255. The lowest BCUT2D eigenvalue weighted by Crippen LogP contribution is -2.44. The van der Waals surface area contributed by atoms with Crippen LogP contribution in [0, 0.1) is 6.92 Å². The molecule has 1 aromatic heterocycles. The molecule has 1 aliphatic heterocycles. The summed E-state index contributed by atoms with van der Waals surface area (Å²) in [4.78, 5) is 5.01. The van der Waals surface area contributed by atoms with E-state index in [2.05, 4.69) is 52.6 Å². The number of aromatic nitrogens is 1. The number of piperazine rings is 1. The highest BCUT2D eigenvalue weighted by atomic mass is 16.3. The Morgan fingerprint density at radius 1 is 1.00 bits per heavy atom. The van der Waals surface area contributed by atoms with Crippen molar-refractivity contribution in [1.82, 2.24) is 14.4 Å². The number of nitrogens with zero attached hydrogens (tertiary/aromatic N) is 3. The Balaban J connectivity index is 1.68. The Kier molecular flexibility index (Phi) is 5.93. The maximum atomic E-state index is 9.18. The van der Waals surface area contributed by atoms with Crippen molar-refractivity contribution >= 4 is 10.9 Å². The van der Waals surface area contributed by atoms with Crippen LogP contribution in [0.1, 0.15) is 24.1 Å². The van der Waals surface area contributed by atoms with E-state index in [4.69, 9.17) is 0 Å². The number of para-hydroxylation sites is 1.